The van der Waals surface area contributed by atoms with Crippen molar-refractivity contribution in [3.8, 4) is 5.75 Å². The van der Waals surface area contributed by atoms with E-state index in [9.17, 15) is 4.79 Å². The normalized spacial score (nSPS) is 16.2. The summed E-state index contributed by atoms with van der Waals surface area (Å²) >= 11 is 6.62. The lowest BCUT2D eigenvalue weighted by Crippen LogP contribution is -2.27. The van der Waals surface area contributed by atoms with E-state index < -0.39 is 0 Å². The quantitative estimate of drug-likeness (QED) is 0.524. The Balaban J connectivity index is 1.97. The molecule has 1 saturated heterocycles. The van der Waals surface area contributed by atoms with Crippen LogP contribution in [-0.2, 0) is 4.79 Å². The summed E-state index contributed by atoms with van der Waals surface area (Å²) in [7, 11) is 1.60. The second-order valence-corrected chi connectivity index (χ2v) is 6.53. The third-order valence-electron chi connectivity index (χ3n) is 3.35. The van der Waals surface area contributed by atoms with Gasteiger partial charge in [0.15, 0.2) is 4.32 Å². The lowest BCUT2D eigenvalue weighted by atomic mass is 10.2. The highest BCUT2D eigenvalue weighted by Crippen LogP contribution is 2.37. The molecule has 2 N–H and O–H groups in total. The van der Waals surface area contributed by atoms with E-state index in [1.807, 2.05) is 30.3 Å². The van der Waals surface area contributed by atoms with E-state index in [1.165, 1.54) is 16.7 Å². The number of nitrogens with zero attached hydrogens (tertiary/aromatic N) is 1. The lowest BCUT2D eigenvalue weighted by Gasteiger charge is -2.14. The average Bonchev–Trinajstić information content (AvgIpc) is 2.82. The first-order valence-electron chi connectivity index (χ1n) is 6.86. The van der Waals surface area contributed by atoms with Crippen LogP contribution in [0.3, 0.4) is 0 Å². The van der Waals surface area contributed by atoms with Gasteiger partial charge >= 0.3 is 0 Å². The van der Waals surface area contributed by atoms with Gasteiger partial charge in [0.25, 0.3) is 5.91 Å². The third-order valence-corrected chi connectivity index (χ3v) is 4.65. The highest BCUT2D eigenvalue weighted by atomic mass is 32.2. The van der Waals surface area contributed by atoms with Gasteiger partial charge in [0.05, 0.1) is 17.7 Å². The third kappa shape index (κ3) is 3.09. The van der Waals surface area contributed by atoms with Crippen LogP contribution in [0.1, 0.15) is 5.56 Å². The van der Waals surface area contributed by atoms with Gasteiger partial charge in [-0.25, -0.2) is 0 Å². The standard InChI is InChI=1S/C17H14N2O2S2/c1-21-14-8-3-2-5-11(14)9-15-16(20)19(17(22)23-15)13-7-4-6-12(18)10-13/h2-10H,18H2,1H3/b15-9+. The van der Waals surface area contributed by atoms with Crippen molar-refractivity contribution in [2.75, 3.05) is 17.7 Å². The van der Waals surface area contributed by atoms with Crippen molar-refractivity contribution >= 4 is 51.7 Å². The molecule has 23 heavy (non-hydrogen) atoms. The Bertz CT molecular complexity index is 818. The summed E-state index contributed by atoms with van der Waals surface area (Å²) < 4.78 is 5.80. The molecule has 1 heterocycles. The van der Waals surface area contributed by atoms with Gasteiger partial charge in [-0.3, -0.25) is 9.69 Å². The number of anilines is 2. The summed E-state index contributed by atoms with van der Waals surface area (Å²) in [6, 6.07) is 14.6. The second-order valence-electron chi connectivity index (χ2n) is 4.85. The molecule has 1 fully saturated rings. The van der Waals surface area contributed by atoms with Gasteiger partial charge in [-0.05, 0) is 30.3 Å². The van der Waals surface area contributed by atoms with Crippen LogP contribution in [0.4, 0.5) is 11.4 Å². The van der Waals surface area contributed by atoms with Crippen LogP contribution in [0.25, 0.3) is 6.08 Å². The predicted molar refractivity (Wildman–Crippen MR) is 99.5 cm³/mol. The number of nitrogen functional groups attached to an aromatic ring is 1. The molecule has 1 aliphatic rings. The molecule has 0 saturated carbocycles. The number of carbonyl (C=O) groups excluding carboxylic acids is 1. The first kappa shape index (κ1) is 15.6. The zero-order valence-electron chi connectivity index (χ0n) is 12.4. The molecule has 0 atom stereocenters. The first-order valence-corrected chi connectivity index (χ1v) is 8.09. The molecule has 116 valence electrons. The molecule has 0 aromatic heterocycles. The Morgan fingerprint density at radius 2 is 2.00 bits per heavy atom. The predicted octanol–water partition coefficient (Wildman–Crippen LogP) is 3.68. The number of carbonyl (C=O) groups is 1. The van der Waals surface area contributed by atoms with Crippen LogP contribution in [0.2, 0.25) is 0 Å². The molecular weight excluding hydrogens is 328 g/mol. The minimum absolute atomic E-state index is 0.156. The van der Waals surface area contributed by atoms with Gasteiger partial charge in [0.1, 0.15) is 5.75 Å². The maximum absolute atomic E-state index is 12.7. The molecule has 2 aromatic rings. The van der Waals surface area contributed by atoms with Crippen molar-refractivity contribution in [2.45, 2.75) is 0 Å². The first-order chi connectivity index (χ1) is 11.1. The SMILES string of the molecule is COc1ccccc1/C=C1/SC(=S)N(c2cccc(N)c2)C1=O. The molecule has 3 rings (SSSR count). The van der Waals surface area contributed by atoms with E-state index in [4.69, 9.17) is 22.7 Å². The van der Waals surface area contributed by atoms with Crippen molar-refractivity contribution in [1.82, 2.24) is 0 Å². The molecule has 0 bridgehead atoms. The number of methoxy groups -OCH3 is 1. The number of hydrogen-bond donors (Lipinski definition) is 1. The molecule has 1 aliphatic heterocycles. The molecule has 2 aromatic carbocycles. The van der Waals surface area contributed by atoms with Gasteiger partial charge in [0.2, 0.25) is 0 Å². The van der Waals surface area contributed by atoms with Crippen LogP contribution >= 0.6 is 24.0 Å². The Morgan fingerprint density at radius 3 is 2.74 bits per heavy atom. The molecular formula is C17H14N2O2S2. The number of nitrogens with two attached hydrogens (primary N) is 1. The largest absolute Gasteiger partial charge is 0.496 e. The number of rotatable bonds is 3. The van der Waals surface area contributed by atoms with E-state index in [2.05, 4.69) is 0 Å². The smallest absolute Gasteiger partial charge is 0.270 e. The maximum atomic E-state index is 12.7. The highest BCUT2D eigenvalue weighted by molar-refractivity contribution is 8.27. The van der Waals surface area contributed by atoms with Crippen LogP contribution in [0, 0.1) is 0 Å². The molecule has 0 radical (unpaired) electrons. The van der Waals surface area contributed by atoms with Crippen molar-refractivity contribution in [1.29, 1.82) is 0 Å². The van der Waals surface area contributed by atoms with Gasteiger partial charge in [0, 0.05) is 11.3 Å². The fraction of sp³-hybridized carbons (Fsp3) is 0.0588. The van der Waals surface area contributed by atoms with Crippen LogP contribution in [0.5, 0.6) is 5.75 Å². The van der Waals surface area contributed by atoms with Crippen LogP contribution < -0.4 is 15.4 Å². The lowest BCUT2D eigenvalue weighted by molar-refractivity contribution is -0.113. The maximum Gasteiger partial charge on any atom is 0.270 e. The molecule has 0 aliphatic carbocycles. The number of thiocarbonyl (C=S) groups is 1. The monoisotopic (exact) mass is 342 g/mol. The molecule has 6 heteroatoms. The van der Waals surface area contributed by atoms with Gasteiger partial charge in [-0.1, -0.05) is 48.2 Å². The number of hydrogen-bond acceptors (Lipinski definition) is 5. The topological polar surface area (TPSA) is 55.6 Å². The second kappa shape index (κ2) is 6.44. The summed E-state index contributed by atoms with van der Waals surface area (Å²) in [5, 5.41) is 0. The van der Waals surface area contributed by atoms with Gasteiger partial charge < -0.3 is 10.5 Å². The summed E-state index contributed by atoms with van der Waals surface area (Å²) in [6.07, 6.45) is 1.80. The molecule has 1 amide bonds. The van der Waals surface area contributed by atoms with E-state index >= 15 is 0 Å². The number of benzene rings is 2. The average molecular weight is 342 g/mol. The molecule has 4 nitrogen and oxygen atoms in total. The van der Waals surface area contributed by atoms with Crippen LogP contribution in [0.15, 0.2) is 53.4 Å². The fourth-order valence-corrected chi connectivity index (χ4v) is 3.57. The Kier molecular flexibility index (Phi) is 4.36. The summed E-state index contributed by atoms with van der Waals surface area (Å²) in [4.78, 5) is 14.8. The van der Waals surface area contributed by atoms with E-state index in [0.29, 0.717) is 26.3 Å². The van der Waals surface area contributed by atoms with Crippen molar-refractivity contribution in [3.63, 3.8) is 0 Å². The number of para-hydroxylation sites is 1. The Labute approximate surface area is 143 Å². The highest BCUT2D eigenvalue weighted by Gasteiger charge is 2.33. The van der Waals surface area contributed by atoms with E-state index in [0.717, 1.165) is 5.56 Å². The molecule has 0 spiro atoms. The number of ether oxygens (including phenoxy) is 1. The molecule has 0 unspecified atom stereocenters. The van der Waals surface area contributed by atoms with Crippen molar-refractivity contribution < 1.29 is 9.53 Å². The van der Waals surface area contributed by atoms with E-state index in [1.54, 1.807) is 31.4 Å². The Morgan fingerprint density at radius 1 is 1.22 bits per heavy atom. The van der Waals surface area contributed by atoms with Gasteiger partial charge in [-0.2, -0.15) is 0 Å². The summed E-state index contributed by atoms with van der Waals surface area (Å²) in [6.45, 7) is 0. The number of amides is 1. The van der Waals surface area contributed by atoms with Crippen LogP contribution in [-0.4, -0.2) is 17.3 Å². The van der Waals surface area contributed by atoms with Crippen molar-refractivity contribution in [3.05, 3.63) is 59.0 Å². The van der Waals surface area contributed by atoms with Crippen molar-refractivity contribution in [2.24, 2.45) is 0 Å². The minimum atomic E-state index is -0.156. The van der Waals surface area contributed by atoms with Gasteiger partial charge in [-0.15, -0.1) is 0 Å². The fourth-order valence-electron chi connectivity index (χ4n) is 2.28. The zero-order chi connectivity index (χ0) is 16.4. The van der Waals surface area contributed by atoms with E-state index in [-0.39, 0.29) is 5.91 Å². The minimum Gasteiger partial charge on any atom is -0.496 e. The zero-order valence-corrected chi connectivity index (χ0v) is 14.0. The Hall–Kier alpha value is -2.31. The number of thioether (sulfide) groups is 1. The summed E-state index contributed by atoms with van der Waals surface area (Å²) in [5.74, 6) is 0.554. The summed E-state index contributed by atoms with van der Waals surface area (Å²) in [5.41, 5.74) is 7.90.